The molecule has 1 unspecified atom stereocenters. The van der Waals surface area contributed by atoms with E-state index in [2.05, 4.69) is 10.4 Å². The molecule has 0 radical (unpaired) electrons. The maximum absolute atomic E-state index is 13.8. The molecular weight excluding hydrogens is 332 g/mol. The minimum absolute atomic E-state index is 0.167. The first-order valence-corrected chi connectivity index (χ1v) is 8.16. The van der Waals surface area contributed by atoms with Gasteiger partial charge in [-0.25, -0.2) is 13.5 Å². The summed E-state index contributed by atoms with van der Waals surface area (Å²) in [6.07, 6.45) is 4.30. The molecule has 2 N–H and O–H groups in total. The standard InChI is InChI=1S/C17H19F2N3O3/c18-11-4-3-5-12(19)16(11)17(24)20-14-10-22(21-13(14)7-8-23)15-6-1-2-9-25-15/h3-5,10,15,23H,1-2,6-9H2,(H,20,24). The topological polar surface area (TPSA) is 76.4 Å². The van der Waals surface area contributed by atoms with E-state index < -0.39 is 23.1 Å². The van der Waals surface area contributed by atoms with E-state index in [9.17, 15) is 18.7 Å². The number of hydrogen-bond donors (Lipinski definition) is 2. The Balaban J connectivity index is 1.85. The molecule has 8 heteroatoms. The second-order valence-electron chi connectivity index (χ2n) is 5.82. The maximum Gasteiger partial charge on any atom is 0.261 e. The lowest BCUT2D eigenvalue weighted by Gasteiger charge is -2.22. The number of benzene rings is 1. The number of nitrogens with zero attached hydrogens (tertiary/aromatic N) is 2. The number of aromatic nitrogens is 2. The predicted octanol–water partition coefficient (Wildman–Crippen LogP) is 2.65. The number of hydrogen-bond acceptors (Lipinski definition) is 4. The number of rotatable bonds is 5. The van der Waals surface area contributed by atoms with Crippen LogP contribution in [-0.4, -0.2) is 34.0 Å². The van der Waals surface area contributed by atoms with Gasteiger partial charge < -0.3 is 15.2 Å². The van der Waals surface area contributed by atoms with E-state index in [0.29, 0.717) is 18.0 Å². The lowest BCUT2D eigenvalue weighted by Crippen LogP contribution is -2.18. The average Bonchev–Trinajstić information content (AvgIpc) is 2.98. The molecule has 134 valence electrons. The Bertz CT molecular complexity index is 737. The largest absolute Gasteiger partial charge is 0.396 e. The highest BCUT2D eigenvalue weighted by atomic mass is 19.1. The quantitative estimate of drug-likeness (QED) is 0.868. The van der Waals surface area contributed by atoms with Crippen molar-refractivity contribution in [3.63, 3.8) is 0 Å². The van der Waals surface area contributed by atoms with Gasteiger partial charge in [0.1, 0.15) is 23.4 Å². The number of ether oxygens (including phenoxy) is 1. The van der Waals surface area contributed by atoms with Gasteiger partial charge in [-0.15, -0.1) is 0 Å². The molecule has 1 fully saturated rings. The second kappa shape index (κ2) is 7.71. The van der Waals surface area contributed by atoms with Crippen molar-refractivity contribution in [3.05, 3.63) is 47.3 Å². The van der Waals surface area contributed by atoms with E-state index >= 15 is 0 Å². The smallest absolute Gasteiger partial charge is 0.261 e. The van der Waals surface area contributed by atoms with Gasteiger partial charge >= 0.3 is 0 Å². The van der Waals surface area contributed by atoms with Crippen LogP contribution in [-0.2, 0) is 11.2 Å². The van der Waals surface area contributed by atoms with Crippen LogP contribution in [0.3, 0.4) is 0 Å². The van der Waals surface area contributed by atoms with E-state index in [1.807, 2.05) is 0 Å². The molecule has 6 nitrogen and oxygen atoms in total. The molecule has 2 aromatic rings. The van der Waals surface area contributed by atoms with Gasteiger partial charge in [0.2, 0.25) is 0 Å². The Morgan fingerprint density at radius 3 is 2.76 bits per heavy atom. The summed E-state index contributed by atoms with van der Waals surface area (Å²) in [5, 5.41) is 16.0. The first-order valence-electron chi connectivity index (χ1n) is 8.16. The average molecular weight is 351 g/mol. The van der Waals surface area contributed by atoms with Crippen LogP contribution in [0.4, 0.5) is 14.5 Å². The summed E-state index contributed by atoms with van der Waals surface area (Å²) < 4.78 is 34.8. The van der Waals surface area contributed by atoms with Crippen molar-refractivity contribution < 1.29 is 23.4 Å². The molecule has 1 aliphatic rings. The summed E-state index contributed by atoms with van der Waals surface area (Å²) >= 11 is 0. The van der Waals surface area contributed by atoms with Gasteiger partial charge in [-0.3, -0.25) is 4.79 Å². The summed E-state index contributed by atoms with van der Waals surface area (Å²) in [6, 6.07) is 3.23. The summed E-state index contributed by atoms with van der Waals surface area (Å²) in [4.78, 5) is 12.3. The first-order chi connectivity index (χ1) is 12.1. The Morgan fingerprint density at radius 1 is 1.36 bits per heavy atom. The Kier molecular flexibility index (Phi) is 5.40. The zero-order valence-corrected chi connectivity index (χ0v) is 13.5. The van der Waals surface area contributed by atoms with Gasteiger partial charge in [0, 0.05) is 19.6 Å². The molecule has 0 saturated carbocycles. The highest BCUT2D eigenvalue weighted by molar-refractivity contribution is 6.04. The summed E-state index contributed by atoms with van der Waals surface area (Å²) in [6.45, 7) is 0.460. The van der Waals surface area contributed by atoms with Crippen molar-refractivity contribution in [2.75, 3.05) is 18.5 Å². The summed E-state index contributed by atoms with van der Waals surface area (Å²) in [5.74, 6) is -2.78. The Hall–Kier alpha value is -2.32. The highest BCUT2D eigenvalue weighted by Crippen LogP contribution is 2.26. The molecule has 1 aliphatic heterocycles. The third-order valence-electron chi connectivity index (χ3n) is 4.05. The molecule has 3 rings (SSSR count). The predicted molar refractivity (Wildman–Crippen MR) is 86.2 cm³/mol. The van der Waals surface area contributed by atoms with E-state index in [1.165, 1.54) is 6.07 Å². The number of amides is 1. The van der Waals surface area contributed by atoms with Gasteiger partial charge in [0.15, 0.2) is 0 Å². The summed E-state index contributed by atoms with van der Waals surface area (Å²) in [7, 11) is 0. The molecule has 1 saturated heterocycles. The third-order valence-corrected chi connectivity index (χ3v) is 4.05. The van der Waals surface area contributed by atoms with Gasteiger partial charge in [-0.2, -0.15) is 5.10 Å². The van der Waals surface area contributed by atoms with Crippen LogP contribution in [0.1, 0.15) is 41.5 Å². The number of aliphatic hydroxyl groups excluding tert-OH is 1. The minimum atomic E-state index is -0.941. The van der Waals surface area contributed by atoms with Crippen LogP contribution in [0.15, 0.2) is 24.4 Å². The fourth-order valence-corrected chi connectivity index (χ4v) is 2.80. The second-order valence-corrected chi connectivity index (χ2v) is 5.82. The lowest BCUT2D eigenvalue weighted by atomic mass is 10.1. The van der Waals surface area contributed by atoms with Gasteiger partial charge in [-0.1, -0.05) is 6.07 Å². The fourth-order valence-electron chi connectivity index (χ4n) is 2.80. The maximum atomic E-state index is 13.8. The SMILES string of the molecule is O=C(Nc1cn(C2CCCCO2)nc1CCO)c1c(F)cccc1F. The molecule has 1 atom stereocenters. The molecular formula is C17H19F2N3O3. The number of carbonyl (C=O) groups is 1. The molecule has 25 heavy (non-hydrogen) atoms. The van der Waals surface area contributed by atoms with Crippen LogP contribution in [0.5, 0.6) is 0 Å². The first kappa shape index (κ1) is 17.5. The van der Waals surface area contributed by atoms with Crippen molar-refractivity contribution in [2.45, 2.75) is 31.9 Å². The van der Waals surface area contributed by atoms with Crippen LogP contribution >= 0.6 is 0 Å². The van der Waals surface area contributed by atoms with E-state index in [-0.39, 0.29) is 19.3 Å². The third kappa shape index (κ3) is 3.85. The van der Waals surface area contributed by atoms with Crippen LogP contribution in [0.25, 0.3) is 0 Å². The van der Waals surface area contributed by atoms with Crippen LogP contribution in [0.2, 0.25) is 0 Å². The monoisotopic (exact) mass is 351 g/mol. The van der Waals surface area contributed by atoms with Gasteiger partial charge in [0.05, 0.1) is 17.6 Å². The molecule has 0 spiro atoms. The van der Waals surface area contributed by atoms with Crippen molar-refractivity contribution >= 4 is 11.6 Å². The van der Waals surface area contributed by atoms with Crippen LogP contribution < -0.4 is 5.32 Å². The van der Waals surface area contributed by atoms with E-state index in [0.717, 1.165) is 31.4 Å². The zero-order chi connectivity index (χ0) is 17.8. The number of anilines is 1. The summed E-state index contributed by atoms with van der Waals surface area (Å²) in [5.41, 5.74) is 0.0803. The highest BCUT2D eigenvalue weighted by Gasteiger charge is 2.22. The molecule has 1 aromatic carbocycles. The molecule has 0 bridgehead atoms. The van der Waals surface area contributed by atoms with E-state index in [4.69, 9.17) is 4.74 Å². The molecule has 1 amide bonds. The lowest BCUT2D eigenvalue weighted by molar-refractivity contribution is -0.0396. The van der Waals surface area contributed by atoms with Crippen molar-refractivity contribution in [3.8, 4) is 0 Å². The molecule has 2 heterocycles. The number of carbonyl (C=O) groups excluding carboxylic acids is 1. The Morgan fingerprint density at radius 2 is 2.12 bits per heavy atom. The number of nitrogens with one attached hydrogen (secondary N) is 1. The fraction of sp³-hybridized carbons (Fsp3) is 0.412. The van der Waals surface area contributed by atoms with Gasteiger partial charge in [-0.05, 0) is 31.4 Å². The molecule has 0 aliphatic carbocycles. The number of aliphatic hydroxyl groups is 1. The van der Waals surface area contributed by atoms with Crippen molar-refractivity contribution in [2.24, 2.45) is 0 Å². The minimum Gasteiger partial charge on any atom is -0.396 e. The normalized spacial score (nSPS) is 17.5. The zero-order valence-electron chi connectivity index (χ0n) is 13.5. The molecule has 1 aromatic heterocycles. The Labute approximate surface area is 143 Å². The van der Waals surface area contributed by atoms with Crippen molar-refractivity contribution in [1.29, 1.82) is 0 Å². The van der Waals surface area contributed by atoms with Crippen molar-refractivity contribution in [1.82, 2.24) is 9.78 Å². The van der Waals surface area contributed by atoms with E-state index in [1.54, 1.807) is 10.9 Å². The van der Waals surface area contributed by atoms with Gasteiger partial charge in [0.25, 0.3) is 5.91 Å². The van der Waals surface area contributed by atoms with Crippen LogP contribution in [0, 0.1) is 11.6 Å². The number of halogens is 2.